The van der Waals surface area contributed by atoms with Gasteiger partial charge in [-0.1, -0.05) is 0 Å². The van der Waals surface area contributed by atoms with E-state index < -0.39 is 5.91 Å². The number of ether oxygens (including phenoxy) is 2. The summed E-state index contributed by atoms with van der Waals surface area (Å²) in [7, 11) is 0. The quantitative estimate of drug-likeness (QED) is 0.644. The van der Waals surface area contributed by atoms with Crippen molar-refractivity contribution in [3.8, 4) is 17.6 Å². The second kappa shape index (κ2) is 10.9. The molecule has 2 aromatic rings. The number of fused-ring (bicyclic) bond motifs is 1. The molecule has 170 valence electrons. The highest BCUT2D eigenvalue weighted by atomic mass is 16.5. The van der Waals surface area contributed by atoms with Gasteiger partial charge in [0.1, 0.15) is 24.0 Å². The van der Waals surface area contributed by atoms with Crippen molar-refractivity contribution in [3.05, 3.63) is 30.0 Å². The van der Waals surface area contributed by atoms with Crippen LogP contribution in [0.15, 0.2) is 24.4 Å². The van der Waals surface area contributed by atoms with Crippen LogP contribution in [0, 0.1) is 11.3 Å². The summed E-state index contributed by atoms with van der Waals surface area (Å²) in [5.74, 6) is 0.186. The molecule has 0 radical (unpaired) electrons. The van der Waals surface area contributed by atoms with Gasteiger partial charge in [-0.15, -0.1) is 0 Å². The Morgan fingerprint density at radius 1 is 1.41 bits per heavy atom. The number of likely N-dealkylation sites (tertiary alicyclic amines) is 1. The van der Waals surface area contributed by atoms with Crippen molar-refractivity contribution in [2.75, 3.05) is 6.54 Å². The van der Waals surface area contributed by atoms with E-state index in [1.807, 2.05) is 26.8 Å². The standard InChI is InChI=1S/C21H24N4O4.CH2O2/c1-12(2)28-19-11-14-16(10-15(19)21(23)27)24-8-5-18(14)29-17-6-9-25(13(17)3)20(26)4-7-22;2-1-3/h5,8,10-13,17H,4,6,9H2,1-3H3,(H2,23,27);1H,(H,2,3)/t13-,17+;/m1./s1. The molecule has 1 saturated heterocycles. The zero-order valence-electron chi connectivity index (χ0n) is 18.1. The second-order valence-corrected chi connectivity index (χ2v) is 7.42. The summed E-state index contributed by atoms with van der Waals surface area (Å²) >= 11 is 0. The molecule has 10 heteroatoms. The highest BCUT2D eigenvalue weighted by molar-refractivity contribution is 6.01. The number of pyridine rings is 1. The summed E-state index contributed by atoms with van der Waals surface area (Å²) in [5, 5.41) is 16.4. The minimum Gasteiger partial charge on any atom is -0.490 e. The van der Waals surface area contributed by atoms with Crippen LogP contribution in [0.2, 0.25) is 0 Å². The van der Waals surface area contributed by atoms with Crippen molar-refractivity contribution >= 4 is 29.2 Å². The Balaban J connectivity index is 0.00000114. The molecule has 2 amide bonds. The summed E-state index contributed by atoms with van der Waals surface area (Å²) in [6.07, 6.45) is 1.77. The Labute approximate surface area is 185 Å². The number of nitrogens with zero attached hydrogens (tertiary/aromatic N) is 3. The van der Waals surface area contributed by atoms with Gasteiger partial charge in [0.25, 0.3) is 12.4 Å². The number of nitrogens with two attached hydrogens (primary N) is 1. The van der Waals surface area contributed by atoms with Crippen LogP contribution in [0.3, 0.4) is 0 Å². The van der Waals surface area contributed by atoms with Crippen molar-refractivity contribution in [1.82, 2.24) is 9.88 Å². The van der Waals surface area contributed by atoms with Crippen LogP contribution >= 0.6 is 0 Å². The van der Waals surface area contributed by atoms with Gasteiger partial charge in [-0.25, -0.2) is 0 Å². The van der Waals surface area contributed by atoms with E-state index in [-0.39, 0.29) is 42.6 Å². The Morgan fingerprint density at radius 2 is 2.09 bits per heavy atom. The number of hydrogen-bond donors (Lipinski definition) is 2. The highest BCUT2D eigenvalue weighted by Gasteiger charge is 2.35. The number of carboxylic acid groups (broad SMARTS) is 1. The first-order chi connectivity index (χ1) is 15.2. The molecule has 2 atom stereocenters. The molecule has 0 aliphatic carbocycles. The van der Waals surface area contributed by atoms with E-state index >= 15 is 0 Å². The first-order valence-electron chi connectivity index (χ1n) is 10.0. The number of aromatic nitrogens is 1. The van der Waals surface area contributed by atoms with Crippen molar-refractivity contribution in [2.24, 2.45) is 5.73 Å². The number of benzene rings is 1. The number of amides is 2. The number of rotatable bonds is 6. The SMILES string of the molecule is CC(C)Oc1cc2c(O[C@H]3CCN(C(=O)CC#N)[C@@H]3C)ccnc2cc1C(N)=O.O=CO. The van der Waals surface area contributed by atoms with Gasteiger partial charge >= 0.3 is 0 Å². The molecule has 1 aliphatic heterocycles. The van der Waals surface area contributed by atoms with E-state index in [4.69, 9.17) is 30.4 Å². The lowest BCUT2D eigenvalue weighted by Gasteiger charge is -2.25. The molecule has 0 spiro atoms. The fourth-order valence-electron chi connectivity index (χ4n) is 3.55. The zero-order chi connectivity index (χ0) is 23.8. The molecule has 3 N–H and O–H groups in total. The summed E-state index contributed by atoms with van der Waals surface area (Å²) in [5.41, 5.74) is 6.33. The summed E-state index contributed by atoms with van der Waals surface area (Å²) in [6.45, 7) is 5.93. The number of hydrogen-bond acceptors (Lipinski definition) is 7. The van der Waals surface area contributed by atoms with Crippen LogP contribution < -0.4 is 15.2 Å². The maximum Gasteiger partial charge on any atom is 0.290 e. The molecule has 2 heterocycles. The predicted octanol–water partition coefficient (Wildman–Crippen LogP) is 2.10. The fourth-order valence-corrected chi connectivity index (χ4v) is 3.55. The van der Waals surface area contributed by atoms with Crippen molar-refractivity contribution in [2.45, 2.75) is 51.9 Å². The van der Waals surface area contributed by atoms with E-state index in [9.17, 15) is 9.59 Å². The zero-order valence-corrected chi connectivity index (χ0v) is 18.1. The molecular formula is C22H26N4O6. The third kappa shape index (κ3) is 5.63. The minimum absolute atomic E-state index is 0.138. The lowest BCUT2D eigenvalue weighted by Crippen LogP contribution is -2.39. The molecule has 32 heavy (non-hydrogen) atoms. The molecule has 10 nitrogen and oxygen atoms in total. The average Bonchev–Trinajstić information content (AvgIpc) is 3.08. The van der Waals surface area contributed by atoms with Gasteiger partial charge in [0.2, 0.25) is 5.91 Å². The summed E-state index contributed by atoms with van der Waals surface area (Å²) in [4.78, 5) is 38.3. The molecular weight excluding hydrogens is 416 g/mol. The Morgan fingerprint density at radius 3 is 2.69 bits per heavy atom. The first kappa shape index (κ1) is 24.4. The largest absolute Gasteiger partial charge is 0.490 e. The van der Waals surface area contributed by atoms with E-state index in [0.29, 0.717) is 35.4 Å². The van der Waals surface area contributed by atoms with E-state index in [2.05, 4.69) is 4.98 Å². The highest BCUT2D eigenvalue weighted by Crippen LogP contribution is 2.33. The smallest absolute Gasteiger partial charge is 0.290 e. The molecule has 1 fully saturated rings. The molecule has 0 unspecified atom stereocenters. The summed E-state index contributed by atoms with van der Waals surface area (Å²) in [6, 6.07) is 6.81. The van der Waals surface area contributed by atoms with Gasteiger partial charge in [-0.2, -0.15) is 5.26 Å². The lowest BCUT2D eigenvalue weighted by molar-refractivity contribution is -0.131. The van der Waals surface area contributed by atoms with Crippen LogP contribution in [0.25, 0.3) is 10.9 Å². The first-order valence-corrected chi connectivity index (χ1v) is 10.0. The molecule has 1 aliphatic rings. The number of carbonyl (C=O) groups is 3. The second-order valence-electron chi connectivity index (χ2n) is 7.42. The number of primary amides is 1. The molecule has 0 bridgehead atoms. The van der Waals surface area contributed by atoms with E-state index in [0.717, 1.165) is 0 Å². The van der Waals surface area contributed by atoms with Gasteiger partial charge in [0, 0.05) is 24.5 Å². The van der Waals surface area contributed by atoms with Gasteiger partial charge in [0.15, 0.2) is 0 Å². The van der Waals surface area contributed by atoms with Gasteiger partial charge in [-0.3, -0.25) is 19.4 Å². The summed E-state index contributed by atoms with van der Waals surface area (Å²) < 4.78 is 12.0. The van der Waals surface area contributed by atoms with Crippen molar-refractivity contribution in [1.29, 1.82) is 5.26 Å². The topological polar surface area (TPSA) is 156 Å². The maximum absolute atomic E-state index is 12.1. The van der Waals surface area contributed by atoms with Crippen LogP contribution in [-0.4, -0.2) is 58.1 Å². The average molecular weight is 442 g/mol. The Kier molecular flexibility index (Phi) is 8.35. The van der Waals surface area contributed by atoms with E-state index in [1.54, 1.807) is 29.3 Å². The van der Waals surface area contributed by atoms with Crippen molar-refractivity contribution in [3.63, 3.8) is 0 Å². The normalized spacial score (nSPS) is 17.3. The van der Waals surface area contributed by atoms with Crippen molar-refractivity contribution < 1.29 is 29.0 Å². The maximum atomic E-state index is 12.1. The van der Waals surface area contributed by atoms with Gasteiger partial charge in [0.05, 0.1) is 29.3 Å². The van der Waals surface area contributed by atoms with E-state index in [1.165, 1.54) is 0 Å². The minimum atomic E-state index is -0.591. The Hall–Kier alpha value is -3.87. The predicted molar refractivity (Wildman–Crippen MR) is 115 cm³/mol. The van der Waals surface area contributed by atoms with Crippen LogP contribution in [0.1, 0.15) is 44.0 Å². The molecule has 1 aromatic carbocycles. The van der Waals surface area contributed by atoms with Gasteiger partial charge in [-0.05, 0) is 39.0 Å². The fraction of sp³-hybridized carbons (Fsp3) is 0.409. The monoisotopic (exact) mass is 442 g/mol. The van der Waals surface area contributed by atoms with Crippen LogP contribution in [-0.2, 0) is 9.59 Å². The van der Waals surface area contributed by atoms with Crippen LogP contribution in [0.4, 0.5) is 0 Å². The number of nitriles is 1. The molecule has 0 saturated carbocycles. The third-order valence-corrected chi connectivity index (χ3v) is 4.94. The lowest BCUT2D eigenvalue weighted by atomic mass is 10.1. The van der Waals surface area contributed by atoms with Crippen LogP contribution in [0.5, 0.6) is 11.5 Å². The Bertz CT molecular complexity index is 1030. The number of carbonyl (C=O) groups excluding carboxylic acids is 2. The molecule has 1 aromatic heterocycles. The van der Waals surface area contributed by atoms with Gasteiger partial charge < -0.3 is 25.2 Å². The molecule has 3 rings (SSSR count). The third-order valence-electron chi connectivity index (χ3n) is 4.94.